The van der Waals surface area contributed by atoms with E-state index in [1.165, 1.54) is 11.1 Å². The predicted octanol–water partition coefficient (Wildman–Crippen LogP) is 2.25. The minimum atomic E-state index is 0.0163. The maximum atomic E-state index is 5.92. The van der Waals surface area contributed by atoms with E-state index in [4.69, 9.17) is 10.6 Å². The second-order valence-electron chi connectivity index (χ2n) is 5.77. The first kappa shape index (κ1) is 15.3. The maximum Gasteiger partial charge on any atom is 0.122 e. The van der Waals surface area contributed by atoms with Gasteiger partial charge >= 0.3 is 0 Å². The van der Waals surface area contributed by atoms with Crippen LogP contribution in [0.3, 0.4) is 0 Å². The molecule has 0 bridgehead atoms. The molecule has 0 aromatic heterocycles. The molecule has 1 heterocycles. The molecule has 0 fully saturated rings. The fourth-order valence-corrected chi connectivity index (χ4v) is 3.50. The molecule has 112 valence electrons. The summed E-state index contributed by atoms with van der Waals surface area (Å²) in [6.45, 7) is 5.24. The van der Waals surface area contributed by atoms with Gasteiger partial charge in [0.2, 0.25) is 0 Å². The first-order chi connectivity index (χ1) is 9.58. The molecule has 0 saturated heterocycles. The summed E-state index contributed by atoms with van der Waals surface area (Å²) in [7, 11) is 4.27. The Morgan fingerprint density at radius 2 is 2.05 bits per heavy atom. The summed E-state index contributed by atoms with van der Waals surface area (Å²) in [6, 6.07) is 6.57. The molecular formula is C16H27N3O. The zero-order chi connectivity index (χ0) is 14.8. The van der Waals surface area contributed by atoms with Gasteiger partial charge in [-0.1, -0.05) is 26.0 Å². The number of hydrogen-bond donors (Lipinski definition) is 2. The van der Waals surface area contributed by atoms with Gasteiger partial charge in [-0.2, -0.15) is 0 Å². The molecule has 1 aromatic rings. The van der Waals surface area contributed by atoms with Gasteiger partial charge in [0.05, 0.1) is 12.6 Å². The summed E-state index contributed by atoms with van der Waals surface area (Å²) < 4.78 is 5.59. The second-order valence-corrected chi connectivity index (χ2v) is 5.77. The molecule has 4 heteroatoms. The number of nitrogens with one attached hydrogen (secondary N) is 1. The molecular weight excluding hydrogens is 250 g/mol. The van der Waals surface area contributed by atoms with Gasteiger partial charge in [-0.3, -0.25) is 11.3 Å². The number of fused-ring (bicyclic) bond motifs is 1. The van der Waals surface area contributed by atoms with Gasteiger partial charge in [0.15, 0.2) is 0 Å². The molecule has 0 saturated carbocycles. The van der Waals surface area contributed by atoms with Gasteiger partial charge in [-0.25, -0.2) is 0 Å². The largest absolute Gasteiger partial charge is 0.493 e. The molecule has 0 radical (unpaired) electrons. The Hall–Kier alpha value is -1.10. The Labute approximate surface area is 122 Å². The van der Waals surface area contributed by atoms with Gasteiger partial charge < -0.3 is 9.64 Å². The topological polar surface area (TPSA) is 50.5 Å². The quantitative estimate of drug-likeness (QED) is 0.618. The maximum absolute atomic E-state index is 5.92. The normalized spacial score (nSPS) is 16.1. The van der Waals surface area contributed by atoms with Crippen LogP contribution in [-0.2, 0) is 6.42 Å². The lowest BCUT2D eigenvalue weighted by Gasteiger charge is -2.45. The van der Waals surface area contributed by atoms with Crippen molar-refractivity contribution in [1.82, 2.24) is 10.3 Å². The highest BCUT2D eigenvalue weighted by molar-refractivity contribution is 5.41. The van der Waals surface area contributed by atoms with Crippen LogP contribution in [0.25, 0.3) is 0 Å². The number of hydrogen-bond acceptors (Lipinski definition) is 4. The van der Waals surface area contributed by atoms with Crippen molar-refractivity contribution in [3.05, 3.63) is 29.3 Å². The number of likely N-dealkylation sites (N-methyl/N-ethyl adjacent to an activating group) is 1. The molecule has 0 aliphatic carbocycles. The van der Waals surface area contributed by atoms with Gasteiger partial charge in [0.1, 0.15) is 5.75 Å². The molecule has 1 atom stereocenters. The fourth-order valence-electron chi connectivity index (χ4n) is 3.50. The highest BCUT2D eigenvalue weighted by Crippen LogP contribution is 2.37. The van der Waals surface area contributed by atoms with E-state index in [2.05, 4.69) is 56.5 Å². The lowest BCUT2D eigenvalue weighted by molar-refractivity contribution is 0.0882. The molecule has 1 aliphatic heterocycles. The van der Waals surface area contributed by atoms with E-state index in [0.717, 1.165) is 31.6 Å². The third kappa shape index (κ3) is 2.43. The highest BCUT2D eigenvalue weighted by atomic mass is 16.5. The Balaban J connectivity index is 2.40. The van der Waals surface area contributed by atoms with Crippen LogP contribution in [0.15, 0.2) is 18.2 Å². The number of benzene rings is 1. The van der Waals surface area contributed by atoms with Crippen molar-refractivity contribution in [1.29, 1.82) is 0 Å². The number of rotatable bonds is 6. The monoisotopic (exact) mass is 277 g/mol. The molecule has 0 spiro atoms. The fraction of sp³-hybridized carbons (Fsp3) is 0.625. The molecule has 20 heavy (non-hydrogen) atoms. The van der Waals surface area contributed by atoms with Gasteiger partial charge in [0, 0.05) is 12.0 Å². The summed E-state index contributed by atoms with van der Waals surface area (Å²) in [5.41, 5.74) is 5.61. The summed E-state index contributed by atoms with van der Waals surface area (Å²) in [5, 5.41) is 0. The lowest BCUT2D eigenvalue weighted by atomic mass is 9.79. The molecule has 0 amide bonds. The van der Waals surface area contributed by atoms with E-state index in [-0.39, 0.29) is 11.6 Å². The van der Waals surface area contributed by atoms with E-state index >= 15 is 0 Å². The molecule has 1 unspecified atom stereocenters. The first-order valence-corrected chi connectivity index (χ1v) is 7.48. The van der Waals surface area contributed by atoms with Crippen LogP contribution in [-0.4, -0.2) is 31.1 Å². The van der Waals surface area contributed by atoms with E-state index in [1.54, 1.807) is 0 Å². The van der Waals surface area contributed by atoms with Crippen LogP contribution in [0.4, 0.5) is 0 Å². The van der Waals surface area contributed by atoms with E-state index in [1.807, 2.05) is 0 Å². The van der Waals surface area contributed by atoms with Crippen LogP contribution in [0.1, 0.15) is 43.9 Å². The Morgan fingerprint density at radius 3 is 2.60 bits per heavy atom. The number of ether oxygens (including phenoxy) is 1. The lowest BCUT2D eigenvalue weighted by Crippen LogP contribution is -2.54. The van der Waals surface area contributed by atoms with Crippen molar-refractivity contribution in [3.63, 3.8) is 0 Å². The third-order valence-electron chi connectivity index (χ3n) is 4.87. The first-order valence-electron chi connectivity index (χ1n) is 7.48. The Kier molecular flexibility index (Phi) is 4.68. The van der Waals surface area contributed by atoms with Crippen molar-refractivity contribution in [3.8, 4) is 5.75 Å². The van der Waals surface area contributed by atoms with Crippen LogP contribution in [0.2, 0.25) is 0 Å². The Morgan fingerprint density at radius 1 is 1.35 bits per heavy atom. The summed E-state index contributed by atoms with van der Waals surface area (Å²) in [5.74, 6) is 6.94. The molecule has 2 rings (SSSR count). The van der Waals surface area contributed by atoms with Gasteiger partial charge in [-0.15, -0.1) is 0 Å². The molecule has 3 N–H and O–H groups in total. The number of nitrogens with zero attached hydrogens (tertiary/aromatic N) is 1. The van der Waals surface area contributed by atoms with Gasteiger partial charge in [-0.05, 0) is 44.1 Å². The van der Waals surface area contributed by atoms with Crippen LogP contribution in [0.5, 0.6) is 5.75 Å². The third-order valence-corrected chi connectivity index (χ3v) is 4.87. The van der Waals surface area contributed by atoms with E-state index in [0.29, 0.717) is 0 Å². The van der Waals surface area contributed by atoms with E-state index < -0.39 is 0 Å². The number of nitrogens with two attached hydrogens (primary N) is 1. The minimum Gasteiger partial charge on any atom is -0.493 e. The standard InChI is InChI=1S/C16H27N3O/c1-5-16(6-2,19(3)4)15(18-17)13-7-8-14-12(11-13)9-10-20-14/h7-8,11,15,18H,5-6,9-10,17H2,1-4H3. The predicted molar refractivity (Wildman–Crippen MR) is 82.7 cm³/mol. The van der Waals surface area contributed by atoms with Crippen LogP contribution >= 0.6 is 0 Å². The molecule has 1 aromatic carbocycles. The zero-order valence-electron chi connectivity index (χ0n) is 13.1. The average Bonchev–Trinajstić information content (AvgIpc) is 2.91. The smallest absolute Gasteiger partial charge is 0.122 e. The number of hydrazine groups is 1. The summed E-state index contributed by atoms with van der Waals surface area (Å²) >= 11 is 0. The van der Waals surface area contributed by atoms with Gasteiger partial charge in [0.25, 0.3) is 0 Å². The second kappa shape index (κ2) is 6.12. The van der Waals surface area contributed by atoms with Crippen molar-refractivity contribution >= 4 is 0 Å². The average molecular weight is 277 g/mol. The van der Waals surface area contributed by atoms with Crippen LogP contribution < -0.4 is 16.0 Å². The van der Waals surface area contributed by atoms with Crippen molar-refractivity contribution in [2.75, 3.05) is 20.7 Å². The minimum absolute atomic E-state index is 0.0163. The summed E-state index contributed by atoms with van der Waals surface area (Å²) in [6.07, 6.45) is 3.07. The Bertz CT molecular complexity index is 455. The van der Waals surface area contributed by atoms with Crippen molar-refractivity contribution in [2.24, 2.45) is 5.84 Å². The highest BCUT2D eigenvalue weighted by Gasteiger charge is 2.38. The molecule has 1 aliphatic rings. The SMILES string of the molecule is CCC(CC)(C(NN)c1ccc2c(c1)CCO2)N(C)C. The van der Waals surface area contributed by atoms with Crippen molar-refractivity contribution in [2.45, 2.75) is 44.7 Å². The summed E-state index contributed by atoms with van der Waals surface area (Å²) in [4.78, 5) is 2.29. The molecule has 4 nitrogen and oxygen atoms in total. The van der Waals surface area contributed by atoms with Crippen LogP contribution in [0, 0.1) is 0 Å². The van der Waals surface area contributed by atoms with Crippen molar-refractivity contribution < 1.29 is 4.74 Å². The van der Waals surface area contributed by atoms with E-state index in [9.17, 15) is 0 Å². The zero-order valence-corrected chi connectivity index (χ0v) is 13.1.